The van der Waals surface area contributed by atoms with Crippen molar-refractivity contribution in [3.63, 3.8) is 0 Å². The van der Waals surface area contributed by atoms with Gasteiger partial charge in [-0.1, -0.05) is 20.8 Å². The van der Waals surface area contributed by atoms with Gasteiger partial charge in [-0.2, -0.15) is 0 Å². The molecule has 2 aliphatic rings. The average Bonchev–Trinajstić information content (AvgIpc) is 3.02. The summed E-state index contributed by atoms with van der Waals surface area (Å²) in [5.74, 6) is 1.47. The van der Waals surface area contributed by atoms with Crippen LogP contribution in [0.15, 0.2) is 22.8 Å². The second-order valence-electron chi connectivity index (χ2n) is 7.17. The molecule has 1 aromatic heterocycles. The molecule has 3 atom stereocenters. The first kappa shape index (κ1) is 13.7. The standard InChI is InChI=1S/C17H24O3/c1-16(2)12-8-9-17(16,3)14(11-12)20-15(18)7-6-13-5-4-10-19-13/h4-5,10,12,14H,6-9,11H2,1-3H3. The Morgan fingerprint density at radius 3 is 2.80 bits per heavy atom. The van der Waals surface area contributed by atoms with E-state index in [0.29, 0.717) is 24.2 Å². The number of furan rings is 1. The molecule has 3 rings (SSSR count). The molecule has 0 N–H and O–H groups in total. The number of esters is 1. The lowest BCUT2D eigenvalue weighted by molar-refractivity contribution is -0.156. The van der Waals surface area contributed by atoms with Crippen LogP contribution in [0.5, 0.6) is 0 Å². The summed E-state index contributed by atoms with van der Waals surface area (Å²) in [5.41, 5.74) is 0.441. The molecule has 110 valence electrons. The summed E-state index contributed by atoms with van der Waals surface area (Å²) in [6.07, 6.45) is 6.27. The second-order valence-corrected chi connectivity index (χ2v) is 7.17. The molecule has 3 nitrogen and oxygen atoms in total. The Hall–Kier alpha value is -1.25. The topological polar surface area (TPSA) is 39.4 Å². The van der Waals surface area contributed by atoms with Crippen LogP contribution in [0.4, 0.5) is 0 Å². The summed E-state index contributed by atoms with van der Waals surface area (Å²) in [7, 11) is 0. The molecule has 20 heavy (non-hydrogen) atoms. The van der Waals surface area contributed by atoms with Gasteiger partial charge in [0.25, 0.3) is 0 Å². The number of aryl methyl sites for hydroxylation is 1. The second kappa shape index (κ2) is 4.64. The molecule has 2 aliphatic carbocycles. The lowest BCUT2D eigenvalue weighted by Gasteiger charge is -2.38. The predicted octanol–water partition coefficient (Wildman–Crippen LogP) is 3.97. The largest absolute Gasteiger partial charge is 0.469 e. The Balaban J connectivity index is 1.58. The highest BCUT2D eigenvalue weighted by Crippen LogP contribution is 2.66. The van der Waals surface area contributed by atoms with E-state index in [9.17, 15) is 4.79 Å². The number of fused-ring (bicyclic) bond motifs is 2. The van der Waals surface area contributed by atoms with Crippen LogP contribution < -0.4 is 0 Å². The smallest absolute Gasteiger partial charge is 0.306 e. The van der Waals surface area contributed by atoms with Gasteiger partial charge < -0.3 is 9.15 Å². The fourth-order valence-electron chi connectivity index (χ4n) is 4.21. The molecule has 1 aromatic rings. The number of carbonyl (C=O) groups is 1. The number of ether oxygens (including phenoxy) is 1. The Labute approximate surface area is 120 Å². The quantitative estimate of drug-likeness (QED) is 0.781. The van der Waals surface area contributed by atoms with Crippen molar-refractivity contribution in [2.75, 3.05) is 0 Å². The maximum Gasteiger partial charge on any atom is 0.306 e. The van der Waals surface area contributed by atoms with E-state index in [1.165, 1.54) is 12.8 Å². The SMILES string of the molecule is CC1(C)C2CCC1(C)C(OC(=O)CCc1ccco1)C2. The lowest BCUT2D eigenvalue weighted by atomic mass is 9.70. The fourth-order valence-corrected chi connectivity index (χ4v) is 4.21. The van der Waals surface area contributed by atoms with Crippen molar-refractivity contribution in [3.05, 3.63) is 24.2 Å². The van der Waals surface area contributed by atoms with E-state index < -0.39 is 0 Å². The molecule has 3 unspecified atom stereocenters. The van der Waals surface area contributed by atoms with Gasteiger partial charge in [0.1, 0.15) is 11.9 Å². The molecule has 3 heteroatoms. The highest BCUT2D eigenvalue weighted by atomic mass is 16.5. The van der Waals surface area contributed by atoms with Gasteiger partial charge in [0.2, 0.25) is 0 Å². The monoisotopic (exact) mass is 276 g/mol. The molecule has 0 saturated heterocycles. The molecule has 0 aromatic carbocycles. The normalized spacial score (nSPS) is 34.4. The van der Waals surface area contributed by atoms with Crippen molar-refractivity contribution < 1.29 is 13.9 Å². The third-order valence-corrected chi connectivity index (χ3v) is 6.14. The first-order chi connectivity index (χ1) is 9.43. The third kappa shape index (κ3) is 1.99. The maximum atomic E-state index is 12.1. The minimum atomic E-state index is -0.0871. The van der Waals surface area contributed by atoms with Crippen LogP contribution in [-0.4, -0.2) is 12.1 Å². The summed E-state index contributed by atoms with van der Waals surface area (Å²) in [6, 6.07) is 3.75. The van der Waals surface area contributed by atoms with Crippen molar-refractivity contribution in [2.45, 2.75) is 59.0 Å². The Bertz CT molecular complexity index is 488. The van der Waals surface area contributed by atoms with Crippen LogP contribution in [0.2, 0.25) is 0 Å². The number of hydrogen-bond donors (Lipinski definition) is 0. The summed E-state index contributed by atoms with van der Waals surface area (Å²) in [4.78, 5) is 12.1. The highest BCUT2D eigenvalue weighted by Gasteiger charge is 2.62. The van der Waals surface area contributed by atoms with E-state index in [0.717, 1.165) is 12.2 Å². The van der Waals surface area contributed by atoms with Crippen LogP contribution in [0.25, 0.3) is 0 Å². The first-order valence-electron chi connectivity index (χ1n) is 7.65. The molecule has 2 fully saturated rings. The van der Waals surface area contributed by atoms with Gasteiger partial charge in [-0.05, 0) is 42.7 Å². The summed E-state index contributed by atoms with van der Waals surface area (Å²) in [5, 5.41) is 0. The molecular formula is C17H24O3. The van der Waals surface area contributed by atoms with Crippen LogP contribution >= 0.6 is 0 Å². The van der Waals surface area contributed by atoms with Gasteiger partial charge in [0, 0.05) is 11.8 Å². The summed E-state index contributed by atoms with van der Waals surface area (Å²) < 4.78 is 11.0. The predicted molar refractivity (Wildman–Crippen MR) is 76.1 cm³/mol. The van der Waals surface area contributed by atoms with Crippen molar-refractivity contribution in [2.24, 2.45) is 16.7 Å². The van der Waals surface area contributed by atoms with Gasteiger partial charge in [0.05, 0.1) is 12.7 Å². The molecule has 2 saturated carbocycles. The van der Waals surface area contributed by atoms with Crippen molar-refractivity contribution >= 4 is 5.97 Å². The number of hydrogen-bond acceptors (Lipinski definition) is 3. The molecule has 0 radical (unpaired) electrons. The summed E-state index contributed by atoms with van der Waals surface area (Å²) >= 11 is 0. The maximum absolute atomic E-state index is 12.1. The number of rotatable bonds is 4. The van der Waals surface area contributed by atoms with Crippen molar-refractivity contribution in [1.29, 1.82) is 0 Å². The fraction of sp³-hybridized carbons (Fsp3) is 0.706. The van der Waals surface area contributed by atoms with E-state index >= 15 is 0 Å². The van der Waals surface area contributed by atoms with Gasteiger partial charge in [0.15, 0.2) is 0 Å². The highest BCUT2D eigenvalue weighted by molar-refractivity contribution is 5.70. The van der Waals surface area contributed by atoms with E-state index in [1.807, 2.05) is 12.1 Å². The van der Waals surface area contributed by atoms with E-state index in [-0.39, 0.29) is 17.5 Å². The Morgan fingerprint density at radius 2 is 2.25 bits per heavy atom. The zero-order valence-corrected chi connectivity index (χ0v) is 12.6. The zero-order chi connectivity index (χ0) is 14.4. The average molecular weight is 276 g/mol. The van der Waals surface area contributed by atoms with Gasteiger partial charge >= 0.3 is 5.97 Å². The van der Waals surface area contributed by atoms with E-state index in [4.69, 9.17) is 9.15 Å². The molecule has 0 spiro atoms. The minimum absolute atomic E-state index is 0.0871. The third-order valence-electron chi connectivity index (χ3n) is 6.14. The minimum Gasteiger partial charge on any atom is -0.469 e. The van der Waals surface area contributed by atoms with Crippen molar-refractivity contribution in [1.82, 2.24) is 0 Å². The summed E-state index contributed by atoms with van der Waals surface area (Å²) in [6.45, 7) is 6.97. The number of carbonyl (C=O) groups excluding carboxylic acids is 1. The van der Waals surface area contributed by atoms with Crippen molar-refractivity contribution in [3.8, 4) is 0 Å². The molecule has 1 heterocycles. The van der Waals surface area contributed by atoms with E-state index in [2.05, 4.69) is 20.8 Å². The molecule has 0 amide bonds. The molecule has 2 bridgehead atoms. The van der Waals surface area contributed by atoms with Crippen LogP contribution in [-0.2, 0) is 16.0 Å². The first-order valence-corrected chi connectivity index (χ1v) is 7.65. The van der Waals surface area contributed by atoms with E-state index in [1.54, 1.807) is 6.26 Å². The zero-order valence-electron chi connectivity index (χ0n) is 12.6. The van der Waals surface area contributed by atoms with Crippen LogP contribution in [0, 0.1) is 16.7 Å². The van der Waals surface area contributed by atoms with Gasteiger partial charge in [-0.15, -0.1) is 0 Å². The lowest BCUT2D eigenvalue weighted by Crippen LogP contribution is -2.38. The molecule has 0 aliphatic heterocycles. The Kier molecular flexibility index (Phi) is 3.19. The molecular weight excluding hydrogens is 252 g/mol. The van der Waals surface area contributed by atoms with Crippen LogP contribution in [0.3, 0.4) is 0 Å². The van der Waals surface area contributed by atoms with Gasteiger partial charge in [-0.3, -0.25) is 4.79 Å². The van der Waals surface area contributed by atoms with Gasteiger partial charge in [-0.25, -0.2) is 0 Å². The van der Waals surface area contributed by atoms with Crippen LogP contribution in [0.1, 0.15) is 52.2 Å². The Morgan fingerprint density at radius 1 is 1.45 bits per heavy atom.